The number of hydrogen-bond acceptors (Lipinski definition) is 4. The minimum Gasteiger partial charge on any atom is -0.423 e. The largest absolute Gasteiger partial charge is 0.423 e. The van der Waals surface area contributed by atoms with Gasteiger partial charge >= 0.3 is 5.97 Å². The highest BCUT2D eigenvalue weighted by atomic mass is 16.5. The van der Waals surface area contributed by atoms with Crippen LogP contribution in [0.25, 0.3) is 0 Å². The van der Waals surface area contributed by atoms with Crippen molar-refractivity contribution in [2.24, 2.45) is 0 Å². The second-order valence-corrected chi connectivity index (χ2v) is 6.95. The predicted octanol–water partition coefficient (Wildman–Crippen LogP) is 3.58. The minimum absolute atomic E-state index is 0.110. The van der Waals surface area contributed by atoms with Crippen LogP contribution in [0.2, 0.25) is 0 Å². The molecule has 0 aromatic heterocycles. The van der Waals surface area contributed by atoms with E-state index in [1.165, 1.54) is 4.90 Å². The lowest BCUT2D eigenvalue weighted by molar-refractivity contribution is -0.140. The Morgan fingerprint density at radius 3 is 2.23 bits per heavy atom. The summed E-state index contributed by atoms with van der Waals surface area (Å²) in [6, 6.07) is 24.0. The minimum atomic E-state index is -1.04. The molecule has 6 heteroatoms. The van der Waals surface area contributed by atoms with Gasteiger partial charge in [0.1, 0.15) is 6.04 Å². The zero-order valence-corrected chi connectivity index (χ0v) is 16.2. The molecule has 3 aromatic carbocycles. The van der Waals surface area contributed by atoms with Gasteiger partial charge in [0, 0.05) is 5.69 Å². The number of para-hydroxylation sites is 3. The number of nitrogens with one attached hydrogen (secondary N) is 1. The topological polar surface area (TPSA) is 75.7 Å². The molecular formula is C24H20N2O4. The first-order valence-electron chi connectivity index (χ1n) is 9.63. The van der Waals surface area contributed by atoms with Crippen LogP contribution in [0.1, 0.15) is 12.0 Å². The van der Waals surface area contributed by atoms with Crippen molar-refractivity contribution in [2.75, 3.05) is 10.2 Å². The van der Waals surface area contributed by atoms with Gasteiger partial charge in [0.25, 0.3) is 0 Å². The van der Waals surface area contributed by atoms with Crippen molar-refractivity contribution in [3.63, 3.8) is 0 Å². The van der Waals surface area contributed by atoms with Crippen molar-refractivity contribution < 1.29 is 19.1 Å². The molecule has 0 radical (unpaired) electrons. The van der Waals surface area contributed by atoms with E-state index in [2.05, 4.69) is 5.32 Å². The average molecular weight is 400 g/mol. The maximum atomic E-state index is 13.2. The Hall–Kier alpha value is -3.93. The number of carbonyl (C=O) groups excluding carboxylic acids is 3. The molecule has 0 unspecified atom stereocenters. The second kappa shape index (κ2) is 8.61. The number of nitrogens with zero attached hydrogens (tertiary/aromatic N) is 1. The molecule has 1 aliphatic rings. The number of esters is 1. The second-order valence-electron chi connectivity index (χ2n) is 6.95. The van der Waals surface area contributed by atoms with E-state index in [0.717, 1.165) is 5.56 Å². The molecule has 2 amide bonds. The van der Waals surface area contributed by atoms with Crippen molar-refractivity contribution in [1.82, 2.24) is 0 Å². The third-order valence-corrected chi connectivity index (χ3v) is 4.82. The maximum Gasteiger partial charge on any atom is 0.335 e. The number of fused-ring (bicyclic) bond motifs is 1. The van der Waals surface area contributed by atoms with Crippen molar-refractivity contribution in [1.29, 1.82) is 0 Å². The zero-order chi connectivity index (χ0) is 20.9. The predicted molar refractivity (Wildman–Crippen MR) is 113 cm³/mol. The fraction of sp³-hybridized carbons (Fsp3) is 0.125. The first-order chi connectivity index (χ1) is 14.6. The number of benzene rings is 3. The number of anilines is 2. The van der Waals surface area contributed by atoms with Gasteiger partial charge in [-0.15, -0.1) is 0 Å². The molecule has 1 aliphatic heterocycles. The van der Waals surface area contributed by atoms with Gasteiger partial charge < -0.3 is 10.1 Å². The van der Waals surface area contributed by atoms with Crippen molar-refractivity contribution in [2.45, 2.75) is 18.9 Å². The number of carbonyl (C=O) groups is 3. The van der Waals surface area contributed by atoms with Gasteiger partial charge in [-0.2, -0.15) is 0 Å². The van der Waals surface area contributed by atoms with Crippen LogP contribution in [0.5, 0.6) is 5.75 Å². The zero-order valence-electron chi connectivity index (χ0n) is 16.2. The van der Waals surface area contributed by atoms with Gasteiger partial charge in [-0.25, -0.2) is 4.79 Å². The van der Waals surface area contributed by atoms with Crippen LogP contribution < -0.4 is 15.0 Å². The van der Waals surface area contributed by atoms with Crippen molar-refractivity contribution in [3.05, 3.63) is 90.5 Å². The highest BCUT2D eigenvalue weighted by molar-refractivity contribution is 6.06. The lowest BCUT2D eigenvalue weighted by Crippen LogP contribution is -2.52. The highest BCUT2D eigenvalue weighted by Crippen LogP contribution is 2.35. The number of ether oxygens (including phenoxy) is 1. The van der Waals surface area contributed by atoms with Crippen LogP contribution in [0, 0.1) is 0 Å². The molecule has 0 spiro atoms. The molecule has 0 saturated carbocycles. The van der Waals surface area contributed by atoms with Gasteiger partial charge in [0.15, 0.2) is 5.75 Å². The summed E-state index contributed by atoms with van der Waals surface area (Å²) in [6.45, 7) is 0. The smallest absolute Gasteiger partial charge is 0.335 e. The van der Waals surface area contributed by atoms with Crippen LogP contribution in [-0.4, -0.2) is 23.8 Å². The monoisotopic (exact) mass is 400 g/mol. The van der Waals surface area contributed by atoms with Crippen molar-refractivity contribution >= 4 is 29.2 Å². The lowest BCUT2D eigenvalue weighted by Gasteiger charge is -2.35. The standard InChI is InChI=1S/C24H20N2O4/c27-22(25-18-11-5-2-6-12-18)16-20-24(29)30-21-14-8-7-13-19(21)26(20)23(28)15-17-9-3-1-4-10-17/h1-14,20H,15-16H2,(H,25,27)/t20-/m1/s1. The van der Waals surface area contributed by atoms with E-state index in [1.807, 2.05) is 36.4 Å². The lowest BCUT2D eigenvalue weighted by atomic mass is 10.0. The molecule has 0 fully saturated rings. The molecule has 30 heavy (non-hydrogen) atoms. The quantitative estimate of drug-likeness (QED) is 0.525. The normalized spacial score (nSPS) is 15.1. The Bertz CT molecular complexity index is 1070. The summed E-state index contributed by atoms with van der Waals surface area (Å²) in [5, 5.41) is 2.76. The van der Waals surface area contributed by atoms with Crippen LogP contribution in [0.3, 0.4) is 0 Å². The van der Waals surface area contributed by atoms with Crippen molar-refractivity contribution in [3.8, 4) is 5.75 Å². The molecule has 0 aliphatic carbocycles. The summed E-state index contributed by atoms with van der Waals surface area (Å²) in [5.74, 6) is -0.968. The maximum absolute atomic E-state index is 13.2. The van der Waals surface area contributed by atoms with Gasteiger partial charge in [0.05, 0.1) is 18.5 Å². The number of rotatable bonds is 5. The Morgan fingerprint density at radius 1 is 0.867 bits per heavy atom. The average Bonchev–Trinajstić information content (AvgIpc) is 2.75. The van der Waals surface area contributed by atoms with Crippen LogP contribution in [0.4, 0.5) is 11.4 Å². The molecule has 1 heterocycles. The Kier molecular flexibility index (Phi) is 5.57. The van der Waals surface area contributed by atoms with Crippen LogP contribution in [-0.2, 0) is 20.8 Å². The summed E-state index contributed by atoms with van der Waals surface area (Å²) in [5.41, 5.74) is 1.93. The summed E-state index contributed by atoms with van der Waals surface area (Å²) in [6.07, 6.45) is -0.0954. The van der Waals surface area contributed by atoms with E-state index in [4.69, 9.17) is 4.74 Å². The number of amides is 2. The molecule has 3 aromatic rings. The Labute approximate surface area is 174 Å². The van der Waals surface area contributed by atoms with E-state index in [0.29, 0.717) is 17.1 Å². The Balaban J connectivity index is 1.60. The first kappa shape index (κ1) is 19.4. The number of hydrogen-bond donors (Lipinski definition) is 1. The molecule has 6 nitrogen and oxygen atoms in total. The summed E-state index contributed by atoms with van der Waals surface area (Å²) in [7, 11) is 0. The van der Waals surface area contributed by atoms with E-state index >= 15 is 0 Å². The van der Waals surface area contributed by atoms with Gasteiger partial charge in [-0.1, -0.05) is 60.7 Å². The van der Waals surface area contributed by atoms with Gasteiger partial charge in [-0.3, -0.25) is 14.5 Å². The highest BCUT2D eigenvalue weighted by Gasteiger charge is 2.39. The molecular weight excluding hydrogens is 380 g/mol. The summed E-state index contributed by atoms with van der Waals surface area (Å²) in [4.78, 5) is 39.9. The van der Waals surface area contributed by atoms with E-state index in [1.54, 1.807) is 48.5 Å². The third-order valence-electron chi connectivity index (χ3n) is 4.82. The summed E-state index contributed by atoms with van der Waals surface area (Å²) < 4.78 is 5.41. The molecule has 1 atom stereocenters. The Morgan fingerprint density at radius 2 is 1.50 bits per heavy atom. The SMILES string of the molecule is O=C(C[C@@H]1C(=O)Oc2ccccc2N1C(=O)Cc1ccccc1)Nc1ccccc1. The van der Waals surface area contributed by atoms with E-state index < -0.39 is 12.0 Å². The van der Waals surface area contributed by atoms with Crippen LogP contribution >= 0.6 is 0 Å². The van der Waals surface area contributed by atoms with Gasteiger partial charge in [0.2, 0.25) is 11.8 Å². The molecule has 150 valence electrons. The molecule has 0 saturated heterocycles. The molecule has 1 N–H and O–H groups in total. The van der Waals surface area contributed by atoms with E-state index in [9.17, 15) is 14.4 Å². The molecule has 0 bridgehead atoms. The van der Waals surface area contributed by atoms with E-state index in [-0.39, 0.29) is 24.7 Å². The molecule has 4 rings (SSSR count). The van der Waals surface area contributed by atoms with Crippen LogP contribution in [0.15, 0.2) is 84.9 Å². The fourth-order valence-electron chi connectivity index (χ4n) is 3.44. The third kappa shape index (κ3) is 4.22. The van der Waals surface area contributed by atoms with Gasteiger partial charge in [-0.05, 0) is 29.8 Å². The summed E-state index contributed by atoms with van der Waals surface area (Å²) >= 11 is 0. The first-order valence-corrected chi connectivity index (χ1v) is 9.63. The fourth-order valence-corrected chi connectivity index (χ4v) is 3.44.